The van der Waals surface area contributed by atoms with Crippen molar-refractivity contribution in [3.8, 4) is 11.5 Å². The lowest BCUT2D eigenvalue weighted by molar-refractivity contribution is -0.134. The lowest BCUT2D eigenvalue weighted by Crippen LogP contribution is -2.18. The quantitative estimate of drug-likeness (QED) is 0.203. The van der Waals surface area contributed by atoms with E-state index in [2.05, 4.69) is 41.5 Å². The van der Waals surface area contributed by atoms with Gasteiger partial charge >= 0.3 is 5.97 Å². The molecule has 0 saturated heterocycles. The monoisotopic (exact) mass is 551 g/mol. The standard InChI is InChI=1S/C35H37NO5/c1-34(2,3)24-18-20(19-25(33(24)40)35(4,5)6)14-17-28(37)41-27-13-9-10-21-15-16-26(36-30(21)27)29-31(38)22-11-7-8-12-23(22)32(29)39/h7-13,15-16,18-19,29,31,38,40H,14,17H2,1-6H3. The van der Waals surface area contributed by atoms with Gasteiger partial charge in [0.05, 0.1) is 17.7 Å². The number of hydrogen-bond donors (Lipinski definition) is 2. The maximum absolute atomic E-state index is 13.1. The van der Waals surface area contributed by atoms with Crippen LogP contribution in [0, 0.1) is 0 Å². The van der Waals surface area contributed by atoms with Crippen LogP contribution in [0.25, 0.3) is 10.9 Å². The van der Waals surface area contributed by atoms with Gasteiger partial charge in [0.25, 0.3) is 0 Å². The zero-order valence-electron chi connectivity index (χ0n) is 24.5. The number of aliphatic hydroxyl groups is 1. The lowest BCUT2D eigenvalue weighted by Gasteiger charge is -2.28. The smallest absolute Gasteiger partial charge is 0.311 e. The van der Waals surface area contributed by atoms with Crippen LogP contribution >= 0.6 is 0 Å². The van der Waals surface area contributed by atoms with Crippen molar-refractivity contribution in [1.29, 1.82) is 0 Å². The fraction of sp³-hybridized carbons (Fsp3) is 0.343. The predicted octanol–water partition coefficient (Wildman–Crippen LogP) is 7.09. The second-order valence-electron chi connectivity index (χ2n) is 13.0. The Bertz CT molecular complexity index is 1620. The van der Waals surface area contributed by atoms with Crippen molar-refractivity contribution in [2.45, 2.75) is 77.2 Å². The molecule has 5 rings (SSSR count). The normalized spacial score (nSPS) is 17.1. The number of para-hydroxylation sites is 1. The Morgan fingerprint density at radius 3 is 2.20 bits per heavy atom. The third-order valence-corrected chi connectivity index (χ3v) is 7.79. The summed E-state index contributed by atoms with van der Waals surface area (Å²) in [6.45, 7) is 12.4. The van der Waals surface area contributed by atoms with E-state index < -0.39 is 18.0 Å². The number of phenolic OH excluding ortho intramolecular Hbond substituents is 1. The number of rotatable bonds is 5. The Hall–Kier alpha value is -4.03. The minimum atomic E-state index is -0.986. The molecule has 0 bridgehead atoms. The van der Waals surface area contributed by atoms with Crippen molar-refractivity contribution in [2.75, 3.05) is 0 Å². The van der Waals surface area contributed by atoms with Crippen LogP contribution in [0.4, 0.5) is 0 Å². The van der Waals surface area contributed by atoms with Gasteiger partial charge in [0.15, 0.2) is 11.5 Å². The second-order valence-corrected chi connectivity index (χ2v) is 13.0. The topological polar surface area (TPSA) is 96.7 Å². The Morgan fingerprint density at radius 2 is 1.56 bits per heavy atom. The number of hydrogen-bond acceptors (Lipinski definition) is 6. The van der Waals surface area contributed by atoms with E-state index >= 15 is 0 Å². The molecule has 1 aliphatic carbocycles. The Kier molecular flexibility index (Phi) is 7.24. The average Bonchev–Trinajstić information content (AvgIpc) is 3.16. The summed E-state index contributed by atoms with van der Waals surface area (Å²) < 4.78 is 5.80. The second kappa shape index (κ2) is 10.4. The Balaban J connectivity index is 1.39. The third-order valence-electron chi connectivity index (χ3n) is 7.79. The number of esters is 1. The highest BCUT2D eigenvalue weighted by Crippen LogP contribution is 2.43. The first-order valence-corrected chi connectivity index (χ1v) is 14.0. The Labute approximate surface area is 241 Å². The van der Waals surface area contributed by atoms with E-state index in [0.717, 1.165) is 22.1 Å². The molecule has 0 spiro atoms. The SMILES string of the molecule is CC(C)(C)c1cc(CCC(=O)Oc2cccc3ccc(C4C(=O)c5ccccc5C4O)nc23)cc(C(C)(C)C)c1O. The molecule has 2 unspecified atom stereocenters. The summed E-state index contributed by atoms with van der Waals surface area (Å²) in [5, 5.41) is 22.7. The number of aromatic nitrogens is 1. The number of aromatic hydroxyl groups is 1. The van der Waals surface area contributed by atoms with Gasteiger partial charge in [-0.2, -0.15) is 0 Å². The van der Waals surface area contributed by atoms with Crippen molar-refractivity contribution in [3.05, 3.63) is 100 Å². The molecule has 2 N–H and O–H groups in total. The fourth-order valence-corrected chi connectivity index (χ4v) is 5.56. The van der Waals surface area contributed by atoms with Gasteiger partial charge in [-0.1, -0.05) is 96.1 Å². The van der Waals surface area contributed by atoms with Crippen molar-refractivity contribution in [1.82, 2.24) is 4.98 Å². The number of aryl methyl sites for hydroxylation is 1. The number of carbonyl (C=O) groups excluding carboxylic acids is 2. The van der Waals surface area contributed by atoms with Gasteiger partial charge < -0.3 is 14.9 Å². The minimum Gasteiger partial charge on any atom is -0.507 e. The Morgan fingerprint density at radius 1 is 0.902 bits per heavy atom. The fourth-order valence-electron chi connectivity index (χ4n) is 5.56. The summed E-state index contributed by atoms with van der Waals surface area (Å²) in [4.78, 5) is 30.9. The maximum atomic E-state index is 13.1. The molecule has 6 heteroatoms. The highest BCUT2D eigenvalue weighted by molar-refractivity contribution is 6.06. The van der Waals surface area contributed by atoms with E-state index in [-0.39, 0.29) is 23.0 Å². The number of ketones is 1. The molecule has 0 fully saturated rings. The van der Waals surface area contributed by atoms with E-state index in [1.807, 2.05) is 24.3 Å². The molecule has 0 aliphatic heterocycles. The van der Waals surface area contributed by atoms with E-state index in [1.165, 1.54) is 0 Å². The number of nitrogens with zero attached hydrogens (tertiary/aromatic N) is 1. The lowest BCUT2D eigenvalue weighted by atomic mass is 9.78. The van der Waals surface area contributed by atoms with Crippen LogP contribution in [-0.4, -0.2) is 26.9 Å². The molecular formula is C35H37NO5. The summed E-state index contributed by atoms with van der Waals surface area (Å²) in [5.41, 5.74) is 4.14. The van der Waals surface area contributed by atoms with E-state index in [0.29, 0.717) is 40.3 Å². The van der Waals surface area contributed by atoms with Gasteiger partial charge in [-0.3, -0.25) is 9.59 Å². The van der Waals surface area contributed by atoms with Gasteiger partial charge in [-0.05, 0) is 51.6 Å². The van der Waals surface area contributed by atoms with Gasteiger partial charge in [0.2, 0.25) is 0 Å². The number of phenols is 1. The molecule has 41 heavy (non-hydrogen) atoms. The third kappa shape index (κ3) is 5.49. The molecule has 2 atom stereocenters. The van der Waals surface area contributed by atoms with Crippen molar-refractivity contribution >= 4 is 22.7 Å². The van der Waals surface area contributed by atoms with Crippen LogP contribution in [0.1, 0.15) is 98.3 Å². The summed E-state index contributed by atoms with van der Waals surface area (Å²) >= 11 is 0. The van der Waals surface area contributed by atoms with E-state index in [1.54, 1.807) is 42.5 Å². The molecular weight excluding hydrogens is 514 g/mol. The summed E-state index contributed by atoms with van der Waals surface area (Å²) in [5.74, 6) is -0.778. The zero-order chi connectivity index (χ0) is 29.7. The zero-order valence-corrected chi connectivity index (χ0v) is 24.5. The highest BCUT2D eigenvalue weighted by Gasteiger charge is 2.40. The molecule has 212 valence electrons. The van der Waals surface area contributed by atoms with Gasteiger partial charge in [-0.25, -0.2) is 4.98 Å². The molecule has 1 aromatic heterocycles. The molecule has 0 amide bonds. The van der Waals surface area contributed by atoms with E-state index in [4.69, 9.17) is 9.72 Å². The minimum absolute atomic E-state index is 0.142. The first kappa shape index (κ1) is 28.5. The van der Waals surface area contributed by atoms with Gasteiger partial charge in [0.1, 0.15) is 11.3 Å². The van der Waals surface area contributed by atoms with Gasteiger partial charge in [-0.15, -0.1) is 0 Å². The molecule has 1 aliphatic rings. The first-order valence-electron chi connectivity index (χ1n) is 14.0. The van der Waals surface area contributed by atoms with Crippen molar-refractivity contribution in [3.63, 3.8) is 0 Å². The van der Waals surface area contributed by atoms with Crippen molar-refractivity contribution < 1.29 is 24.5 Å². The number of aliphatic hydroxyl groups excluding tert-OH is 1. The number of fused-ring (bicyclic) bond motifs is 2. The molecule has 0 radical (unpaired) electrons. The predicted molar refractivity (Wildman–Crippen MR) is 160 cm³/mol. The van der Waals surface area contributed by atoms with Gasteiger partial charge in [0, 0.05) is 17.4 Å². The van der Waals surface area contributed by atoms with Crippen LogP contribution in [0.3, 0.4) is 0 Å². The summed E-state index contributed by atoms with van der Waals surface area (Å²) in [7, 11) is 0. The van der Waals surface area contributed by atoms with Crippen LogP contribution in [-0.2, 0) is 22.0 Å². The summed E-state index contributed by atoms with van der Waals surface area (Å²) in [6, 6.07) is 19.9. The molecule has 6 nitrogen and oxygen atoms in total. The molecule has 3 aromatic carbocycles. The number of pyridine rings is 1. The number of Topliss-reactive ketones (excluding diaryl/α,β-unsaturated/α-hetero) is 1. The molecule has 4 aromatic rings. The summed E-state index contributed by atoms with van der Waals surface area (Å²) in [6.07, 6.45) is -0.390. The van der Waals surface area contributed by atoms with Crippen molar-refractivity contribution in [2.24, 2.45) is 0 Å². The average molecular weight is 552 g/mol. The molecule has 1 heterocycles. The molecule has 0 saturated carbocycles. The van der Waals surface area contributed by atoms with E-state index in [9.17, 15) is 19.8 Å². The number of carbonyl (C=O) groups is 2. The maximum Gasteiger partial charge on any atom is 0.311 e. The van der Waals surface area contributed by atoms with Crippen LogP contribution in [0.15, 0.2) is 66.7 Å². The number of benzene rings is 3. The first-order chi connectivity index (χ1) is 19.3. The van der Waals surface area contributed by atoms with Crippen LogP contribution in [0.2, 0.25) is 0 Å². The highest BCUT2D eigenvalue weighted by atomic mass is 16.5. The van der Waals surface area contributed by atoms with Crippen LogP contribution in [0.5, 0.6) is 11.5 Å². The van der Waals surface area contributed by atoms with Crippen LogP contribution < -0.4 is 4.74 Å². The number of ether oxygens (including phenoxy) is 1. The largest absolute Gasteiger partial charge is 0.507 e.